The molecule has 1 aliphatic carbocycles. The lowest BCUT2D eigenvalue weighted by molar-refractivity contribution is -0.120. The van der Waals surface area contributed by atoms with Crippen molar-refractivity contribution in [1.29, 1.82) is 0 Å². The lowest BCUT2D eigenvalue weighted by Crippen LogP contribution is -2.32. The van der Waals surface area contributed by atoms with Crippen LogP contribution in [0.4, 0.5) is 5.82 Å². The summed E-state index contributed by atoms with van der Waals surface area (Å²) < 4.78 is 4.89. The molecular formula is C18H26N4O3S. The summed E-state index contributed by atoms with van der Waals surface area (Å²) in [6, 6.07) is 0. The first-order valence-electron chi connectivity index (χ1n) is 8.93. The fourth-order valence-electron chi connectivity index (χ4n) is 2.63. The number of carbonyl (C=O) groups excluding carboxylic acids is 2. The van der Waals surface area contributed by atoms with Gasteiger partial charge in [-0.05, 0) is 46.0 Å². The molecule has 0 radical (unpaired) electrons. The minimum absolute atomic E-state index is 0.0535. The van der Waals surface area contributed by atoms with Crippen LogP contribution in [0.15, 0.2) is 23.0 Å². The second kappa shape index (κ2) is 10.2. The van der Waals surface area contributed by atoms with Gasteiger partial charge in [-0.2, -0.15) is 0 Å². The van der Waals surface area contributed by atoms with E-state index in [0.717, 1.165) is 19.3 Å². The van der Waals surface area contributed by atoms with Crippen molar-refractivity contribution in [2.45, 2.75) is 56.4 Å². The Morgan fingerprint density at radius 2 is 2.23 bits per heavy atom. The van der Waals surface area contributed by atoms with E-state index in [1.807, 2.05) is 0 Å². The average Bonchev–Trinajstić information content (AvgIpc) is 2.62. The van der Waals surface area contributed by atoms with Crippen molar-refractivity contribution >= 4 is 29.5 Å². The number of rotatable bonds is 8. The van der Waals surface area contributed by atoms with Crippen LogP contribution >= 0.6 is 11.8 Å². The number of nitrogens with one attached hydrogen (secondary N) is 1. The molecule has 0 aliphatic heterocycles. The van der Waals surface area contributed by atoms with Crippen LogP contribution in [0.3, 0.4) is 0 Å². The summed E-state index contributed by atoms with van der Waals surface area (Å²) in [5.74, 6) is -0.565. The van der Waals surface area contributed by atoms with Crippen LogP contribution in [0, 0.1) is 0 Å². The first-order valence-corrected chi connectivity index (χ1v) is 9.81. The third kappa shape index (κ3) is 6.01. The number of esters is 1. The number of nitrogens with two attached hydrogens (primary N) is 1. The van der Waals surface area contributed by atoms with Gasteiger partial charge in [-0.15, -0.1) is 0 Å². The van der Waals surface area contributed by atoms with E-state index in [1.165, 1.54) is 36.4 Å². The van der Waals surface area contributed by atoms with Gasteiger partial charge < -0.3 is 15.8 Å². The van der Waals surface area contributed by atoms with E-state index >= 15 is 0 Å². The Bertz CT molecular complexity index is 678. The van der Waals surface area contributed by atoms with Crippen LogP contribution in [0.2, 0.25) is 0 Å². The summed E-state index contributed by atoms with van der Waals surface area (Å²) in [4.78, 5) is 32.1. The number of nitrogen functional groups attached to an aromatic ring is 1. The maximum Gasteiger partial charge on any atom is 0.343 e. The number of allylic oxidation sites excluding steroid dienone is 1. The lowest BCUT2D eigenvalue weighted by atomic mass is 9.97. The highest BCUT2D eigenvalue weighted by atomic mass is 32.2. The van der Waals surface area contributed by atoms with Crippen molar-refractivity contribution in [2.75, 3.05) is 18.9 Å². The molecule has 1 heterocycles. The number of nitrogens with zero attached hydrogens (tertiary/aromatic N) is 2. The summed E-state index contributed by atoms with van der Waals surface area (Å²) in [6.45, 7) is 4.40. The van der Waals surface area contributed by atoms with Gasteiger partial charge in [0.2, 0.25) is 5.91 Å². The molecule has 1 atom stereocenters. The molecule has 1 aliphatic rings. The van der Waals surface area contributed by atoms with Crippen LogP contribution in [0.25, 0.3) is 0 Å². The smallest absolute Gasteiger partial charge is 0.343 e. The molecule has 0 spiro atoms. The molecule has 0 saturated heterocycles. The molecule has 26 heavy (non-hydrogen) atoms. The van der Waals surface area contributed by atoms with Gasteiger partial charge >= 0.3 is 5.97 Å². The Morgan fingerprint density at radius 1 is 1.42 bits per heavy atom. The molecule has 0 aromatic carbocycles. The number of thioether (sulfide) groups is 1. The third-order valence-electron chi connectivity index (χ3n) is 4.07. The van der Waals surface area contributed by atoms with Crippen molar-refractivity contribution in [3.05, 3.63) is 23.4 Å². The highest BCUT2D eigenvalue weighted by molar-refractivity contribution is 8.00. The predicted octanol–water partition coefficient (Wildman–Crippen LogP) is 2.72. The SMILES string of the molecule is CCOC(=O)c1cnc(SC(C)C(=O)NCCC2=CCCCC2)nc1N. The molecular weight excluding hydrogens is 352 g/mol. The van der Waals surface area contributed by atoms with Gasteiger partial charge in [0.15, 0.2) is 5.16 Å². The number of ether oxygens (including phenoxy) is 1. The zero-order valence-corrected chi connectivity index (χ0v) is 16.1. The van der Waals surface area contributed by atoms with E-state index in [-0.39, 0.29) is 29.1 Å². The molecule has 7 nitrogen and oxygen atoms in total. The molecule has 3 N–H and O–H groups in total. The highest BCUT2D eigenvalue weighted by Gasteiger charge is 2.18. The fourth-order valence-corrected chi connectivity index (χ4v) is 3.41. The molecule has 0 saturated carbocycles. The molecule has 1 aromatic rings. The first kappa shape index (κ1) is 20.2. The second-order valence-electron chi connectivity index (χ2n) is 6.08. The number of hydrogen-bond donors (Lipinski definition) is 2. The number of carbonyl (C=O) groups is 2. The van der Waals surface area contributed by atoms with E-state index in [2.05, 4.69) is 21.4 Å². The molecule has 8 heteroatoms. The zero-order chi connectivity index (χ0) is 18.9. The Balaban J connectivity index is 1.83. The van der Waals surface area contributed by atoms with E-state index in [0.29, 0.717) is 11.7 Å². The van der Waals surface area contributed by atoms with Gasteiger partial charge in [0.1, 0.15) is 11.4 Å². The Morgan fingerprint density at radius 3 is 2.88 bits per heavy atom. The Kier molecular flexibility index (Phi) is 7.90. The summed E-state index contributed by atoms with van der Waals surface area (Å²) >= 11 is 1.20. The molecule has 142 valence electrons. The lowest BCUT2D eigenvalue weighted by Gasteiger charge is -2.14. The monoisotopic (exact) mass is 378 g/mol. The Hall–Kier alpha value is -2.09. The zero-order valence-electron chi connectivity index (χ0n) is 15.3. The topological polar surface area (TPSA) is 107 Å². The summed E-state index contributed by atoms with van der Waals surface area (Å²) in [7, 11) is 0. The van der Waals surface area contributed by atoms with Crippen molar-refractivity contribution in [2.24, 2.45) is 0 Å². The van der Waals surface area contributed by atoms with E-state index < -0.39 is 5.97 Å². The molecule has 1 aromatic heterocycles. The average molecular weight is 378 g/mol. The van der Waals surface area contributed by atoms with Crippen molar-refractivity contribution in [3.8, 4) is 0 Å². The maximum absolute atomic E-state index is 12.2. The molecule has 2 rings (SSSR count). The van der Waals surface area contributed by atoms with Gasteiger partial charge in [0.25, 0.3) is 0 Å². The molecule has 1 amide bonds. The summed E-state index contributed by atoms with van der Waals surface area (Å²) in [5.41, 5.74) is 7.36. The maximum atomic E-state index is 12.2. The van der Waals surface area contributed by atoms with Crippen molar-refractivity contribution in [3.63, 3.8) is 0 Å². The van der Waals surface area contributed by atoms with Gasteiger partial charge in [-0.25, -0.2) is 14.8 Å². The summed E-state index contributed by atoms with van der Waals surface area (Å²) in [6.07, 6.45) is 9.32. The fraction of sp³-hybridized carbons (Fsp3) is 0.556. The quantitative estimate of drug-likeness (QED) is 0.310. The van der Waals surface area contributed by atoms with E-state index in [4.69, 9.17) is 10.5 Å². The van der Waals surface area contributed by atoms with Gasteiger partial charge in [0.05, 0.1) is 11.9 Å². The molecule has 0 bridgehead atoms. The number of hydrogen-bond acceptors (Lipinski definition) is 7. The Labute approximate surface area is 158 Å². The first-order chi connectivity index (χ1) is 12.5. The van der Waals surface area contributed by atoms with E-state index in [9.17, 15) is 9.59 Å². The molecule has 1 unspecified atom stereocenters. The van der Waals surface area contributed by atoms with Crippen LogP contribution in [-0.2, 0) is 9.53 Å². The predicted molar refractivity (Wildman–Crippen MR) is 102 cm³/mol. The van der Waals surface area contributed by atoms with Crippen LogP contribution in [-0.4, -0.2) is 40.2 Å². The number of anilines is 1. The van der Waals surface area contributed by atoms with E-state index in [1.54, 1.807) is 13.8 Å². The second-order valence-corrected chi connectivity index (χ2v) is 7.39. The number of amides is 1. The largest absolute Gasteiger partial charge is 0.462 e. The van der Waals surface area contributed by atoms with Gasteiger partial charge in [-0.3, -0.25) is 4.79 Å². The minimum atomic E-state index is -0.552. The van der Waals surface area contributed by atoms with Crippen molar-refractivity contribution < 1.29 is 14.3 Å². The van der Waals surface area contributed by atoms with Crippen LogP contribution < -0.4 is 11.1 Å². The normalized spacial score (nSPS) is 15.1. The van der Waals surface area contributed by atoms with Gasteiger partial charge in [0, 0.05) is 12.7 Å². The highest BCUT2D eigenvalue weighted by Crippen LogP contribution is 2.22. The van der Waals surface area contributed by atoms with Crippen LogP contribution in [0.5, 0.6) is 0 Å². The number of aromatic nitrogens is 2. The third-order valence-corrected chi connectivity index (χ3v) is 5.05. The van der Waals surface area contributed by atoms with Gasteiger partial charge in [-0.1, -0.05) is 23.4 Å². The summed E-state index contributed by atoms with van der Waals surface area (Å²) in [5, 5.41) is 2.95. The standard InChI is InChI=1S/C18H26N4O3S/c1-3-25-17(24)14-11-21-18(22-15(14)19)26-12(2)16(23)20-10-9-13-7-5-4-6-8-13/h7,11-12H,3-6,8-10H2,1-2H3,(H,20,23)(H2,19,21,22). The minimum Gasteiger partial charge on any atom is -0.462 e. The molecule has 0 fully saturated rings. The van der Waals surface area contributed by atoms with Crippen LogP contribution in [0.1, 0.15) is 56.3 Å². The van der Waals surface area contributed by atoms with Crippen molar-refractivity contribution in [1.82, 2.24) is 15.3 Å².